The van der Waals surface area contributed by atoms with E-state index < -0.39 is 11.7 Å². The van der Waals surface area contributed by atoms with Crippen molar-refractivity contribution in [1.29, 1.82) is 0 Å². The second-order valence-corrected chi connectivity index (χ2v) is 6.35. The molecule has 2 aliphatic heterocycles. The molecule has 132 valence electrons. The molecule has 24 heavy (non-hydrogen) atoms. The minimum atomic E-state index is -1.10. The van der Waals surface area contributed by atoms with Gasteiger partial charge < -0.3 is 24.7 Å². The molecule has 0 spiro atoms. The second-order valence-electron chi connectivity index (χ2n) is 6.35. The van der Waals surface area contributed by atoms with Crippen LogP contribution in [0.2, 0.25) is 0 Å². The molecular formula is C16H24N4O4. The molecule has 0 unspecified atom stereocenters. The Labute approximate surface area is 141 Å². The van der Waals surface area contributed by atoms with Crippen LogP contribution < -0.4 is 4.90 Å². The summed E-state index contributed by atoms with van der Waals surface area (Å²) in [6, 6.07) is 0. The molecule has 8 nitrogen and oxygen atoms in total. The average Bonchev–Trinajstić information content (AvgIpc) is 2.64. The second kappa shape index (κ2) is 7.00. The van der Waals surface area contributed by atoms with Crippen molar-refractivity contribution < 1.29 is 19.7 Å². The number of aliphatic hydroxyl groups excluding tert-OH is 1. The Balaban J connectivity index is 1.65. The number of carbonyl (C=O) groups excluding carboxylic acids is 1. The van der Waals surface area contributed by atoms with Crippen LogP contribution in [0, 0.1) is 0 Å². The minimum Gasteiger partial charge on any atom is -0.388 e. The fourth-order valence-corrected chi connectivity index (χ4v) is 3.10. The lowest BCUT2D eigenvalue weighted by atomic mass is 9.86. The van der Waals surface area contributed by atoms with Crippen LogP contribution >= 0.6 is 0 Å². The lowest BCUT2D eigenvalue weighted by Crippen LogP contribution is -2.56. The zero-order valence-electron chi connectivity index (χ0n) is 13.9. The molecule has 1 aromatic rings. The fourth-order valence-electron chi connectivity index (χ4n) is 3.10. The lowest BCUT2D eigenvalue weighted by Gasteiger charge is -2.41. The smallest absolute Gasteiger partial charge is 0.257 e. The first-order valence-electron chi connectivity index (χ1n) is 8.38. The van der Waals surface area contributed by atoms with Crippen LogP contribution in [0.1, 0.15) is 30.1 Å². The lowest BCUT2D eigenvalue weighted by molar-refractivity contribution is -0.114. The Morgan fingerprint density at radius 2 is 2.00 bits per heavy atom. The largest absolute Gasteiger partial charge is 0.388 e. The maximum Gasteiger partial charge on any atom is 0.257 e. The van der Waals surface area contributed by atoms with Crippen molar-refractivity contribution in [3.8, 4) is 0 Å². The molecule has 0 aliphatic carbocycles. The molecule has 2 saturated heterocycles. The van der Waals surface area contributed by atoms with E-state index >= 15 is 0 Å². The van der Waals surface area contributed by atoms with E-state index in [0.717, 1.165) is 13.1 Å². The molecule has 0 saturated carbocycles. The highest BCUT2D eigenvalue weighted by Crippen LogP contribution is 2.26. The Kier molecular flexibility index (Phi) is 4.98. The van der Waals surface area contributed by atoms with Gasteiger partial charge in [0.05, 0.1) is 24.4 Å². The number of rotatable bonds is 3. The van der Waals surface area contributed by atoms with Crippen molar-refractivity contribution in [1.82, 2.24) is 14.9 Å². The maximum atomic E-state index is 12.6. The van der Waals surface area contributed by atoms with Gasteiger partial charge in [0, 0.05) is 38.6 Å². The zero-order chi connectivity index (χ0) is 17.2. The van der Waals surface area contributed by atoms with Gasteiger partial charge in [-0.2, -0.15) is 0 Å². The summed E-state index contributed by atoms with van der Waals surface area (Å²) in [6.45, 7) is 5.13. The molecule has 1 amide bonds. The van der Waals surface area contributed by atoms with E-state index in [9.17, 15) is 15.0 Å². The number of carbonyl (C=O) groups is 1. The molecule has 2 aliphatic rings. The Hall–Kier alpha value is -1.77. The third-order valence-corrected chi connectivity index (χ3v) is 4.91. The number of hydrogen-bond donors (Lipinski definition) is 2. The highest BCUT2D eigenvalue weighted by Gasteiger charge is 2.40. The van der Waals surface area contributed by atoms with Crippen LogP contribution in [-0.4, -0.2) is 82.1 Å². The van der Waals surface area contributed by atoms with Crippen LogP contribution in [0.3, 0.4) is 0 Å². The third kappa shape index (κ3) is 3.35. The molecule has 3 rings (SSSR count). The number of nitrogens with zero attached hydrogens (tertiary/aromatic N) is 4. The summed E-state index contributed by atoms with van der Waals surface area (Å²) < 4.78 is 5.30. The summed E-state index contributed by atoms with van der Waals surface area (Å²) >= 11 is 0. The predicted molar refractivity (Wildman–Crippen MR) is 86.8 cm³/mol. The minimum absolute atomic E-state index is 0.119. The van der Waals surface area contributed by atoms with Crippen LogP contribution in [0.5, 0.6) is 0 Å². The SMILES string of the molecule is CC[C@]1(O)CCN(C(=O)c2cnc(N3CCOCC3)nc2)C[C@@H]1O. The number of hydrogen-bond acceptors (Lipinski definition) is 7. The molecule has 2 fully saturated rings. The van der Waals surface area contributed by atoms with Crippen molar-refractivity contribution in [2.75, 3.05) is 44.3 Å². The number of anilines is 1. The molecule has 2 atom stereocenters. The number of morpholine rings is 1. The van der Waals surface area contributed by atoms with E-state index in [1.54, 1.807) is 4.90 Å². The van der Waals surface area contributed by atoms with E-state index in [1.807, 2.05) is 11.8 Å². The number of amides is 1. The first-order valence-corrected chi connectivity index (χ1v) is 8.38. The number of β-amino-alcohol motifs (C(OH)–C–C–N with tert-alkyl or cyclic N) is 1. The predicted octanol–water partition coefficient (Wildman–Crippen LogP) is -0.339. The van der Waals surface area contributed by atoms with Crippen LogP contribution in [0.15, 0.2) is 12.4 Å². The zero-order valence-corrected chi connectivity index (χ0v) is 13.9. The molecule has 1 aromatic heterocycles. The van der Waals surface area contributed by atoms with Crippen molar-refractivity contribution in [3.05, 3.63) is 18.0 Å². The van der Waals surface area contributed by atoms with Gasteiger partial charge in [-0.3, -0.25) is 4.79 Å². The van der Waals surface area contributed by atoms with Crippen LogP contribution in [0.25, 0.3) is 0 Å². The number of ether oxygens (including phenoxy) is 1. The Morgan fingerprint density at radius 1 is 1.33 bits per heavy atom. The third-order valence-electron chi connectivity index (χ3n) is 4.91. The van der Waals surface area contributed by atoms with Gasteiger partial charge in [-0.15, -0.1) is 0 Å². The van der Waals surface area contributed by atoms with Crippen LogP contribution in [0.4, 0.5) is 5.95 Å². The highest BCUT2D eigenvalue weighted by atomic mass is 16.5. The van der Waals surface area contributed by atoms with E-state index in [4.69, 9.17) is 4.74 Å². The van der Waals surface area contributed by atoms with Gasteiger partial charge in [0.2, 0.25) is 5.95 Å². The highest BCUT2D eigenvalue weighted by molar-refractivity contribution is 5.93. The summed E-state index contributed by atoms with van der Waals surface area (Å²) in [6.07, 6.45) is 2.94. The monoisotopic (exact) mass is 336 g/mol. The van der Waals surface area contributed by atoms with Crippen molar-refractivity contribution >= 4 is 11.9 Å². The Bertz CT molecular complexity index is 576. The van der Waals surface area contributed by atoms with Gasteiger partial charge in [0.15, 0.2) is 0 Å². The van der Waals surface area contributed by atoms with E-state index in [1.165, 1.54) is 12.4 Å². The van der Waals surface area contributed by atoms with Gasteiger partial charge in [0.25, 0.3) is 5.91 Å². The topological polar surface area (TPSA) is 99.0 Å². The molecule has 8 heteroatoms. The summed E-state index contributed by atoms with van der Waals surface area (Å²) in [5, 5.41) is 20.4. The molecule has 0 bridgehead atoms. The van der Waals surface area contributed by atoms with Gasteiger partial charge >= 0.3 is 0 Å². The van der Waals surface area contributed by atoms with E-state index in [2.05, 4.69) is 9.97 Å². The van der Waals surface area contributed by atoms with Crippen LogP contribution in [-0.2, 0) is 4.74 Å². The fraction of sp³-hybridized carbons (Fsp3) is 0.688. The number of piperidine rings is 1. The first kappa shape index (κ1) is 17.1. The van der Waals surface area contributed by atoms with Crippen molar-refractivity contribution in [2.24, 2.45) is 0 Å². The molecule has 3 heterocycles. The summed E-state index contributed by atoms with van der Waals surface area (Å²) in [5.41, 5.74) is -0.714. The van der Waals surface area contributed by atoms with E-state index in [0.29, 0.717) is 44.1 Å². The van der Waals surface area contributed by atoms with Crippen molar-refractivity contribution in [3.63, 3.8) is 0 Å². The maximum absolute atomic E-state index is 12.6. The standard InChI is InChI=1S/C16H24N4O4/c1-2-16(23)3-4-20(11-13(16)21)14(22)12-9-17-15(18-10-12)19-5-7-24-8-6-19/h9-10,13,21,23H,2-8,11H2,1H3/t13-,16-/m0/s1. The first-order chi connectivity index (χ1) is 11.5. The van der Waals surface area contributed by atoms with Gasteiger partial charge in [-0.05, 0) is 12.8 Å². The Morgan fingerprint density at radius 3 is 2.58 bits per heavy atom. The van der Waals surface area contributed by atoms with Gasteiger partial charge in [-0.1, -0.05) is 6.92 Å². The molecule has 0 radical (unpaired) electrons. The number of likely N-dealkylation sites (tertiary alicyclic amines) is 1. The number of aromatic nitrogens is 2. The molecular weight excluding hydrogens is 312 g/mol. The number of aliphatic hydroxyl groups is 2. The quantitative estimate of drug-likeness (QED) is 0.779. The van der Waals surface area contributed by atoms with Gasteiger partial charge in [0.1, 0.15) is 6.10 Å². The summed E-state index contributed by atoms with van der Waals surface area (Å²) in [4.78, 5) is 24.7. The molecule has 2 N–H and O–H groups in total. The van der Waals surface area contributed by atoms with E-state index in [-0.39, 0.29) is 12.5 Å². The van der Waals surface area contributed by atoms with Gasteiger partial charge in [-0.25, -0.2) is 9.97 Å². The average molecular weight is 336 g/mol. The summed E-state index contributed by atoms with van der Waals surface area (Å²) in [5.74, 6) is 0.370. The summed E-state index contributed by atoms with van der Waals surface area (Å²) in [7, 11) is 0. The normalized spacial score (nSPS) is 28.0. The van der Waals surface area contributed by atoms with Crippen molar-refractivity contribution in [2.45, 2.75) is 31.5 Å². The molecule has 0 aromatic carbocycles.